The predicted octanol–water partition coefficient (Wildman–Crippen LogP) is 4.32. The number of rotatable bonds is 6. The summed E-state index contributed by atoms with van der Waals surface area (Å²) in [4.78, 5) is 15.7. The standard InChI is InChI=1S/C23H26N2O3/c1-16(17-6-3-2-4-7-17)25-22(26)15-28-21-9-5-8-20-23(21)19(14-24-20)18-10-12-27-13-11-18/h2-9,14,16,18,24H,10-13,15H2,1H3,(H,25,26)/t16-/m1/s1. The molecule has 0 bridgehead atoms. The number of H-pyrrole nitrogens is 1. The summed E-state index contributed by atoms with van der Waals surface area (Å²) in [5.41, 5.74) is 3.37. The second kappa shape index (κ2) is 8.48. The van der Waals surface area contributed by atoms with Crippen molar-refractivity contribution in [1.29, 1.82) is 0 Å². The van der Waals surface area contributed by atoms with E-state index in [9.17, 15) is 4.79 Å². The average molecular weight is 378 g/mol. The average Bonchev–Trinajstić information content (AvgIpc) is 3.18. The second-order valence-corrected chi connectivity index (χ2v) is 7.30. The van der Waals surface area contributed by atoms with Gasteiger partial charge in [-0.05, 0) is 48.9 Å². The molecule has 1 saturated heterocycles. The number of aromatic amines is 1. The molecular formula is C23H26N2O3. The van der Waals surface area contributed by atoms with Gasteiger partial charge in [-0.3, -0.25) is 4.79 Å². The minimum absolute atomic E-state index is 0.00527. The third kappa shape index (κ3) is 4.04. The van der Waals surface area contributed by atoms with Crippen molar-refractivity contribution in [2.45, 2.75) is 31.7 Å². The first kappa shape index (κ1) is 18.6. The van der Waals surface area contributed by atoms with Gasteiger partial charge in [0.1, 0.15) is 5.75 Å². The number of nitrogens with one attached hydrogen (secondary N) is 2. The van der Waals surface area contributed by atoms with Crippen LogP contribution in [0.2, 0.25) is 0 Å². The molecule has 4 rings (SSSR count). The summed E-state index contributed by atoms with van der Waals surface area (Å²) in [7, 11) is 0. The second-order valence-electron chi connectivity index (χ2n) is 7.30. The van der Waals surface area contributed by atoms with E-state index < -0.39 is 0 Å². The van der Waals surface area contributed by atoms with E-state index in [-0.39, 0.29) is 18.6 Å². The number of carbonyl (C=O) groups is 1. The Hall–Kier alpha value is -2.79. The van der Waals surface area contributed by atoms with Crippen LogP contribution in [0.25, 0.3) is 10.9 Å². The molecule has 0 saturated carbocycles. The number of hydrogen-bond acceptors (Lipinski definition) is 3. The lowest BCUT2D eigenvalue weighted by molar-refractivity contribution is -0.123. The van der Waals surface area contributed by atoms with Crippen LogP contribution in [0, 0.1) is 0 Å². The van der Waals surface area contributed by atoms with Crippen LogP contribution in [0.3, 0.4) is 0 Å². The molecular weight excluding hydrogens is 352 g/mol. The molecule has 1 atom stereocenters. The summed E-state index contributed by atoms with van der Waals surface area (Å²) in [6, 6.07) is 15.8. The van der Waals surface area contributed by atoms with Gasteiger partial charge in [-0.1, -0.05) is 36.4 Å². The summed E-state index contributed by atoms with van der Waals surface area (Å²) < 4.78 is 11.4. The Kier molecular flexibility index (Phi) is 5.63. The van der Waals surface area contributed by atoms with Crippen LogP contribution in [-0.4, -0.2) is 30.7 Å². The van der Waals surface area contributed by atoms with Crippen molar-refractivity contribution in [3.63, 3.8) is 0 Å². The fourth-order valence-electron chi connectivity index (χ4n) is 3.88. The van der Waals surface area contributed by atoms with Gasteiger partial charge >= 0.3 is 0 Å². The van der Waals surface area contributed by atoms with Gasteiger partial charge in [-0.15, -0.1) is 0 Å². The largest absolute Gasteiger partial charge is 0.483 e. The number of ether oxygens (including phenoxy) is 2. The lowest BCUT2D eigenvalue weighted by atomic mass is 9.91. The van der Waals surface area contributed by atoms with E-state index in [1.807, 2.05) is 55.5 Å². The summed E-state index contributed by atoms with van der Waals surface area (Å²) >= 11 is 0. The van der Waals surface area contributed by atoms with Gasteiger partial charge in [0.05, 0.1) is 6.04 Å². The molecule has 0 aliphatic carbocycles. The quantitative estimate of drug-likeness (QED) is 0.671. The highest BCUT2D eigenvalue weighted by molar-refractivity contribution is 5.90. The molecule has 2 N–H and O–H groups in total. The Morgan fingerprint density at radius 3 is 2.75 bits per heavy atom. The smallest absolute Gasteiger partial charge is 0.258 e. The molecule has 2 heterocycles. The molecule has 1 fully saturated rings. The van der Waals surface area contributed by atoms with Gasteiger partial charge in [-0.25, -0.2) is 0 Å². The van der Waals surface area contributed by atoms with Crippen LogP contribution in [0.1, 0.15) is 42.9 Å². The fraction of sp³-hybridized carbons (Fsp3) is 0.348. The molecule has 1 aliphatic rings. The first-order chi connectivity index (χ1) is 13.7. The van der Waals surface area contributed by atoms with Crippen molar-refractivity contribution in [2.24, 2.45) is 0 Å². The maximum absolute atomic E-state index is 12.4. The Morgan fingerprint density at radius 2 is 1.96 bits per heavy atom. The van der Waals surface area contributed by atoms with Gasteiger partial charge < -0.3 is 19.8 Å². The zero-order valence-corrected chi connectivity index (χ0v) is 16.1. The highest BCUT2D eigenvalue weighted by Gasteiger charge is 2.21. The summed E-state index contributed by atoms with van der Waals surface area (Å²) in [6.45, 7) is 3.55. The molecule has 146 valence electrons. The van der Waals surface area contributed by atoms with E-state index in [0.717, 1.165) is 48.3 Å². The topological polar surface area (TPSA) is 63.3 Å². The molecule has 5 heteroatoms. The van der Waals surface area contributed by atoms with Crippen LogP contribution in [0.15, 0.2) is 54.7 Å². The van der Waals surface area contributed by atoms with E-state index in [1.54, 1.807) is 0 Å². The third-order valence-corrected chi connectivity index (χ3v) is 5.40. The monoisotopic (exact) mass is 378 g/mol. The summed E-state index contributed by atoms with van der Waals surface area (Å²) in [5.74, 6) is 1.08. The van der Waals surface area contributed by atoms with E-state index in [2.05, 4.69) is 16.5 Å². The predicted molar refractivity (Wildman–Crippen MR) is 110 cm³/mol. The number of aromatic nitrogens is 1. The Bertz CT molecular complexity index is 929. The highest BCUT2D eigenvalue weighted by atomic mass is 16.5. The van der Waals surface area contributed by atoms with E-state index >= 15 is 0 Å². The molecule has 1 amide bonds. The first-order valence-corrected chi connectivity index (χ1v) is 9.87. The molecule has 5 nitrogen and oxygen atoms in total. The highest BCUT2D eigenvalue weighted by Crippen LogP contribution is 2.37. The van der Waals surface area contributed by atoms with E-state index in [1.165, 1.54) is 5.56 Å². The molecule has 0 radical (unpaired) electrons. The molecule has 28 heavy (non-hydrogen) atoms. The van der Waals surface area contributed by atoms with Gasteiger partial charge in [-0.2, -0.15) is 0 Å². The SMILES string of the molecule is C[C@@H](NC(=O)COc1cccc2[nH]cc(C3CCOCC3)c12)c1ccccc1. The third-order valence-electron chi connectivity index (χ3n) is 5.40. The van der Waals surface area contributed by atoms with Crippen molar-refractivity contribution in [1.82, 2.24) is 10.3 Å². The van der Waals surface area contributed by atoms with Gasteiger partial charge in [0.15, 0.2) is 6.61 Å². The minimum Gasteiger partial charge on any atom is -0.483 e. The van der Waals surface area contributed by atoms with E-state index in [0.29, 0.717) is 5.92 Å². The van der Waals surface area contributed by atoms with Crippen molar-refractivity contribution >= 4 is 16.8 Å². The van der Waals surface area contributed by atoms with Crippen molar-refractivity contribution in [3.05, 3.63) is 65.9 Å². The Labute approximate surface area is 165 Å². The zero-order chi connectivity index (χ0) is 19.3. The number of carbonyl (C=O) groups excluding carboxylic acids is 1. The first-order valence-electron chi connectivity index (χ1n) is 9.87. The van der Waals surface area contributed by atoms with Crippen molar-refractivity contribution in [2.75, 3.05) is 19.8 Å². The Morgan fingerprint density at radius 1 is 1.18 bits per heavy atom. The van der Waals surface area contributed by atoms with Crippen molar-refractivity contribution in [3.8, 4) is 5.75 Å². The molecule has 3 aromatic rings. The molecule has 2 aromatic carbocycles. The maximum atomic E-state index is 12.4. The van der Waals surface area contributed by atoms with Crippen LogP contribution in [0.5, 0.6) is 5.75 Å². The Balaban J connectivity index is 1.45. The summed E-state index contributed by atoms with van der Waals surface area (Å²) in [5, 5.41) is 4.08. The minimum atomic E-state index is -0.128. The summed E-state index contributed by atoms with van der Waals surface area (Å²) in [6.07, 6.45) is 4.10. The normalized spacial score (nSPS) is 16.0. The molecule has 1 aliphatic heterocycles. The van der Waals surface area contributed by atoms with Gasteiger partial charge in [0.25, 0.3) is 5.91 Å². The maximum Gasteiger partial charge on any atom is 0.258 e. The van der Waals surface area contributed by atoms with Crippen LogP contribution >= 0.6 is 0 Å². The van der Waals surface area contributed by atoms with Gasteiger partial charge in [0, 0.05) is 30.3 Å². The number of benzene rings is 2. The van der Waals surface area contributed by atoms with Crippen LogP contribution in [-0.2, 0) is 9.53 Å². The number of hydrogen-bond donors (Lipinski definition) is 2. The van der Waals surface area contributed by atoms with Gasteiger partial charge in [0.2, 0.25) is 0 Å². The van der Waals surface area contributed by atoms with Crippen LogP contribution in [0.4, 0.5) is 0 Å². The fourth-order valence-corrected chi connectivity index (χ4v) is 3.88. The number of fused-ring (bicyclic) bond motifs is 1. The van der Waals surface area contributed by atoms with Crippen LogP contribution < -0.4 is 10.1 Å². The lowest BCUT2D eigenvalue weighted by Crippen LogP contribution is -2.31. The van der Waals surface area contributed by atoms with Crippen molar-refractivity contribution < 1.29 is 14.3 Å². The zero-order valence-electron chi connectivity index (χ0n) is 16.1. The molecule has 1 aromatic heterocycles. The lowest BCUT2D eigenvalue weighted by Gasteiger charge is -2.22. The number of amides is 1. The molecule has 0 unspecified atom stereocenters. The van der Waals surface area contributed by atoms with E-state index in [4.69, 9.17) is 9.47 Å². The molecule has 0 spiro atoms.